The molecule has 7 nitrogen and oxygen atoms in total. The number of hydrogen-bond donors (Lipinski definition) is 1. The van der Waals surface area contributed by atoms with E-state index >= 15 is 0 Å². The number of alkyl halides is 3. The molecule has 0 saturated carbocycles. The number of nitrogens with one attached hydrogen (secondary N) is 1. The van der Waals surface area contributed by atoms with Crippen molar-refractivity contribution < 1.29 is 35.6 Å². The van der Waals surface area contributed by atoms with Gasteiger partial charge in [-0.05, 0) is 67.3 Å². The van der Waals surface area contributed by atoms with Gasteiger partial charge in [-0.3, -0.25) is 13.9 Å². The molecule has 0 fully saturated rings. The second-order valence-corrected chi connectivity index (χ2v) is 13.0. The fourth-order valence-electron chi connectivity index (χ4n) is 4.38. The normalized spacial score (nSPS) is 12.6. The highest BCUT2D eigenvalue weighted by molar-refractivity contribution is 7.92. The number of amides is 2. The molecule has 0 unspecified atom stereocenters. The standard InChI is InChI=1S/C31H34ClF4N3O4S/c1-5-28(30(41)37-17-20(2)3)38(18-22-8-10-23(33)11-9-22)29(40)19-39(44(42,43)25-13-6-21(4)7-14-25)24-12-15-27(32)26(16-24)31(34,35)36/h6-16,20,28H,5,17-19H2,1-4H3,(H,37,41)/t28-/m0/s1. The van der Waals surface area contributed by atoms with E-state index in [-0.39, 0.29) is 23.8 Å². The highest BCUT2D eigenvalue weighted by Gasteiger charge is 2.37. The van der Waals surface area contributed by atoms with Crippen LogP contribution < -0.4 is 9.62 Å². The lowest BCUT2D eigenvalue weighted by Gasteiger charge is -2.33. The summed E-state index contributed by atoms with van der Waals surface area (Å²) in [5.74, 6) is -1.77. The Balaban J connectivity index is 2.13. The topological polar surface area (TPSA) is 86.8 Å². The number of hydrogen-bond acceptors (Lipinski definition) is 4. The van der Waals surface area contributed by atoms with Crippen LogP contribution in [0.5, 0.6) is 0 Å². The summed E-state index contributed by atoms with van der Waals surface area (Å²) in [6, 6.07) is 12.3. The molecule has 0 aromatic heterocycles. The molecule has 3 aromatic carbocycles. The fourth-order valence-corrected chi connectivity index (χ4v) is 6.01. The van der Waals surface area contributed by atoms with Crippen LogP contribution in [0.1, 0.15) is 43.9 Å². The molecule has 0 aliphatic carbocycles. The Morgan fingerprint density at radius 3 is 2.14 bits per heavy atom. The van der Waals surface area contributed by atoms with Gasteiger partial charge < -0.3 is 10.2 Å². The molecule has 2 amide bonds. The summed E-state index contributed by atoms with van der Waals surface area (Å²) in [5.41, 5.74) is -0.541. The Hall–Kier alpha value is -3.64. The van der Waals surface area contributed by atoms with Crippen LogP contribution in [-0.4, -0.2) is 44.3 Å². The summed E-state index contributed by atoms with van der Waals surface area (Å²) in [7, 11) is -4.60. The third-order valence-electron chi connectivity index (χ3n) is 6.77. The molecule has 3 aromatic rings. The Bertz CT molecular complexity index is 1560. The predicted octanol–water partition coefficient (Wildman–Crippen LogP) is 6.58. The number of anilines is 1. The maximum absolute atomic E-state index is 14.0. The van der Waals surface area contributed by atoms with Crippen LogP contribution in [-0.2, 0) is 32.3 Å². The average molecular weight is 656 g/mol. The minimum atomic E-state index is -4.91. The van der Waals surface area contributed by atoms with E-state index in [1.807, 2.05) is 13.8 Å². The molecule has 0 heterocycles. The third kappa shape index (κ3) is 8.72. The van der Waals surface area contributed by atoms with Crippen molar-refractivity contribution in [3.05, 3.63) is 94.3 Å². The summed E-state index contributed by atoms with van der Waals surface area (Å²) in [5, 5.41) is 2.13. The number of nitrogens with zero attached hydrogens (tertiary/aromatic N) is 2. The van der Waals surface area contributed by atoms with Crippen LogP contribution in [0.25, 0.3) is 0 Å². The number of carbonyl (C=O) groups is 2. The minimum absolute atomic E-state index is 0.0978. The lowest BCUT2D eigenvalue weighted by atomic mass is 10.1. The molecular formula is C31H34ClF4N3O4S. The number of sulfonamides is 1. The number of benzene rings is 3. The van der Waals surface area contributed by atoms with E-state index in [1.54, 1.807) is 13.8 Å². The quantitative estimate of drug-likeness (QED) is 0.223. The molecule has 0 saturated heterocycles. The summed E-state index contributed by atoms with van der Waals surface area (Å²) in [6.45, 7) is 6.35. The van der Waals surface area contributed by atoms with Gasteiger partial charge in [-0.15, -0.1) is 0 Å². The van der Waals surface area contributed by atoms with Crippen LogP contribution >= 0.6 is 11.6 Å². The van der Waals surface area contributed by atoms with Crippen LogP contribution in [0.15, 0.2) is 71.6 Å². The molecule has 13 heteroatoms. The number of halogens is 5. The molecule has 3 rings (SSSR count). The van der Waals surface area contributed by atoms with Crippen molar-refractivity contribution in [3.63, 3.8) is 0 Å². The van der Waals surface area contributed by atoms with E-state index in [4.69, 9.17) is 11.6 Å². The summed E-state index contributed by atoms with van der Waals surface area (Å²) < 4.78 is 83.4. The molecule has 0 radical (unpaired) electrons. The molecule has 0 bridgehead atoms. The third-order valence-corrected chi connectivity index (χ3v) is 8.89. The highest BCUT2D eigenvalue weighted by atomic mass is 35.5. The van der Waals surface area contributed by atoms with E-state index in [9.17, 15) is 35.6 Å². The number of rotatable bonds is 12. The monoisotopic (exact) mass is 655 g/mol. The van der Waals surface area contributed by atoms with Crippen LogP contribution in [0, 0.1) is 18.7 Å². The van der Waals surface area contributed by atoms with Gasteiger partial charge in [-0.2, -0.15) is 13.2 Å². The predicted molar refractivity (Wildman–Crippen MR) is 161 cm³/mol. The van der Waals surface area contributed by atoms with E-state index in [0.717, 1.165) is 22.6 Å². The van der Waals surface area contributed by atoms with Crippen molar-refractivity contribution in [2.45, 2.75) is 57.8 Å². The SMILES string of the molecule is CC[C@@H](C(=O)NCC(C)C)N(Cc1ccc(F)cc1)C(=O)CN(c1ccc(Cl)c(C(F)(F)F)c1)S(=O)(=O)c1ccc(C)cc1. The molecule has 0 aliphatic heterocycles. The maximum atomic E-state index is 14.0. The zero-order valence-electron chi connectivity index (χ0n) is 24.7. The van der Waals surface area contributed by atoms with Gasteiger partial charge in [0.1, 0.15) is 18.4 Å². The fraction of sp³-hybridized carbons (Fsp3) is 0.355. The molecule has 0 aliphatic rings. The number of aryl methyl sites for hydroxylation is 1. The first-order valence-corrected chi connectivity index (χ1v) is 15.6. The van der Waals surface area contributed by atoms with Crippen molar-refractivity contribution in [2.75, 3.05) is 17.4 Å². The highest BCUT2D eigenvalue weighted by Crippen LogP contribution is 2.38. The van der Waals surface area contributed by atoms with Crippen molar-refractivity contribution in [1.82, 2.24) is 10.2 Å². The number of carbonyl (C=O) groups excluding carboxylic acids is 2. The van der Waals surface area contributed by atoms with Crippen molar-refractivity contribution in [1.29, 1.82) is 0 Å². The second-order valence-electron chi connectivity index (χ2n) is 10.7. The van der Waals surface area contributed by atoms with E-state index in [1.165, 1.54) is 48.5 Å². The Morgan fingerprint density at radius 1 is 0.977 bits per heavy atom. The molecule has 0 spiro atoms. The van der Waals surface area contributed by atoms with Crippen LogP contribution in [0.4, 0.5) is 23.2 Å². The van der Waals surface area contributed by atoms with Crippen LogP contribution in [0.3, 0.4) is 0 Å². The Labute approximate surface area is 259 Å². The average Bonchev–Trinajstić information content (AvgIpc) is 2.95. The van der Waals surface area contributed by atoms with Gasteiger partial charge in [0.2, 0.25) is 11.8 Å². The zero-order valence-corrected chi connectivity index (χ0v) is 26.2. The Kier molecular flexibility index (Phi) is 11.4. The first kappa shape index (κ1) is 34.8. The molecule has 1 N–H and O–H groups in total. The van der Waals surface area contributed by atoms with Crippen LogP contribution in [0.2, 0.25) is 5.02 Å². The maximum Gasteiger partial charge on any atom is 0.417 e. The summed E-state index contributed by atoms with van der Waals surface area (Å²) in [6.07, 6.45) is -4.77. The molecule has 1 atom stereocenters. The van der Waals surface area contributed by atoms with Crippen molar-refractivity contribution >= 4 is 39.1 Å². The zero-order chi connectivity index (χ0) is 32.8. The minimum Gasteiger partial charge on any atom is -0.354 e. The second kappa shape index (κ2) is 14.4. The van der Waals surface area contributed by atoms with Gasteiger partial charge in [0.05, 0.1) is 21.2 Å². The van der Waals surface area contributed by atoms with Gasteiger partial charge in [-0.25, -0.2) is 12.8 Å². The first-order chi connectivity index (χ1) is 20.5. The van der Waals surface area contributed by atoms with E-state index < -0.39 is 62.7 Å². The van der Waals surface area contributed by atoms with Gasteiger partial charge in [0.15, 0.2) is 0 Å². The molecule has 238 valence electrons. The Morgan fingerprint density at radius 2 is 1.59 bits per heavy atom. The van der Waals surface area contributed by atoms with Gasteiger partial charge in [-0.1, -0.05) is 62.2 Å². The molecule has 44 heavy (non-hydrogen) atoms. The van der Waals surface area contributed by atoms with E-state index in [0.29, 0.717) is 22.5 Å². The van der Waals surface area contributed by atoms with Gasteiger partial charge >= 0.3 is 6.18 Å². The summed E-state index contributed by atoms with van der Waals surface area (Å²) >= 11 is 5.80. The summed E-state index contributed by atoms with van der Waals surface area (Å²) in [4.78, 5) is 28.2. The van der Waals surface area contributed by atoms with Gasteiger partial charge in [0.25, 0.3) is 10.0 Å². The lowest BCUT2D eigenvalue weighted by Crippen LogP contribution is -2.52. The van der Waals surface area contributed by atoms with Gasteiger partial charge in [0, 0.05) is 13.1 Å². The lowest BCUT2D eigenvalue weighted by molar-refractivity contribution is -0.140. The smallest absolute Gasteiger partial charge is 0.354 e. The largest absolute Gasteiger partial charge is 0.417 e. The van der Waals surface area contributed by atoms with E-state index in [2.05, 4.69) is 5.32 Å². The van der Waals surface area contributed by atoms with Crippen molar-refractivity contribution in [3.8, 4) is 0 Å². The first-order valence-electron chi connectivity index (χ1n) is 13.8. The molecular weight excluding hydrogens is 622 g/mol. The van der Waals surface area contributed by atoms with Crippen molar-refractivity contribution in [2.24, 2.45) is 5.92 Å².